The molecule has 0 bridgehead atoms. The molecule has 2 aromatic rings. The number of nitrogens with zero attached hydrogens (tertiary/aromatic N) is 3. The molecule has 0 spiro atoms. The van der Waals surface area contributed by atoms with E-state index in [1.165, 1.54) is 0 Å². The molecule has 1 atom stereocenters. The minimum Gasteiger partial charge on any atom is -0.393 e. The van der Waals surface area contributed by atoms with Crippen LogP contribution >= 0.6 is 0 Å². The van der Waals surface area contributed by atoms with E-state index in [-0.39, 0.29) is 12.0 Å². The van der Waals surface area contributed by atoms with E-state index in [1.807, 2.05) is 42.5 Å². The molecule has 1 aromatic heterocycles. The molecule has 0 radical (unpaired) electrons. The number of amides is 1. The van der Waals surface area contributed by atoms with Crippen molar-refractivity contribution in [3.63, 3.8) is 0 Å². The first kappa shape index (κ1) is 19.8. The summed E-state index contributed by atoms with van der Waals surface area (Å²) in [5, 5.41) is 12.8. The number of aromatic nitrogens is 1. The first-order valence-electron chi connectivity index (χ1n) is 10.3. The van der Waals surface area contributed by atoms with Crippen LogP contribution in [0.25, 0.3) is 0 Å². The van der Waals surface area contributed by atoms with Gasteiger partial charge in [-0.2, -0.15) is 0 Å². The van der Waals surface area contributed by atoms with Gasteiger partial charge in [0, 0.05) is 26.2 Å². The Hall–Kier alpha value is -2.48. The standard InChI is InChI=1S/C22H28N4O3/c27-19-8-10-26(11-9-19)21(17-4-2-1-3-5-17)22(28)24-20-7-6-18(16-23-20)25-12-14-29-15-13-25/h1-7,16,19,21,27H,8-15H2,(H,23,24,28). The Kier molecular flexibility index (Phi) is 6.39. The molecule has 7 heteroatoms. The zero-order chi connectivity index (χ0) is 20.1. The van der Waals surface area contributed by atoms with Crippen molar-refractivity contribution in [1.82, 2.24) is 9.88 Å². The van der Waals surface area contributed by atoms with E-state index in [2.05, 4.69) is 20.1 Å². The van der Waals surface area contributed by atoms with Crippen LogP contribution < -0.4 is 10.2 Å². The van der Waals surface area contributed by atoms with Crippen LogP contribution in [0.15, 0.2) is 48.7 Å². The predicted molar refractivity (Wildman–Crippen MR) is 112 cm³/mol. The summed E-state index contributed by atoms with van der Waals surface area (Å²) in [6.45, 7) is 4.53. The molecule has 1 amide bonds. The number of carbonyl (C=O) groups is 1. The van der Waals surface area contributed by atoms with Gasteiger partial charge in [0.25, 0.3) is 0 Å². The quantitative estimate of drug-likeness (QED) is 0.806. The Morgan fingerprint density at radius 3 is 2.45 bits per heavy atom. The molecule has 1 unspecified atom stereocenters. The molecule has 2 aliphatic heterocycles. The number of likely N-dealkylation sites (tertiary alicyclic amines) is 1. The zero-order valence-electron chi connectivity index (χ0n) is 16.5. The molecule has 0 aliphatic carbocycles. The lowest BCUT2D eigenvalue weighted by Crippen LogP contribution is -2.43. The minimum atomic E-state index is -0.399. The fraction of sp³-hybridized carbons (Fsp3) is 0.455. The lowest BCUT2D eigenvalue weighted by atomic mass is 10.00. The molecule has 2 fully saturated rings. The van der Waals surface area contributed by atoms with Crippen LogP contribution in [-0.2, 0) is 9.53 Å². The van der Waals surface area contributed by atoms with Crippen LogP contribution in [-0.4, -0.2) is 66.4 Å². The van der Waals surface area contributed by atoms with Gasteiger partial charge in [-0.05, 0) is 30.5 Å². The number of pyridine rings is 1. The van der Waals surface area contributed by atoms with Crippen molar-refractivity contribution in [3.05, 3.63) is 54.2 Å². The normalized spacial score (nSPS) is 19.7. The molecule has 0 saturated carbocycles. The molecular formula is C22H28N4O3. The lowest BCUT2D eigenvalue weighted by molar-refractivity contribution is -0.122. The number of rotatable bonds is 5. The van der Waals surface area contributed by atoms with E-state index in [9.17, 15) is 9.90 Å². The first-order chi connectivity index (χ1) is 14.2. The maximum atomic E-state index is 13.2. The monoisotopic (exact) mass is 396 g/mol. The number of aliphatic hydroxyl groups is 1. The molecule has 3 heterocycles. The maximum Gasteiger partial charge on any atom is 0.247 e. The number of ether oxygens (including phenoxy) is 1. The number of hydrogen-bond donors (Lipinski definition) is 2. The van der Waals surface area contributed by atoms with Crippen molar-refractivity contribution in [1.29, 1.82) is 0 Å². The average Bonchev–Trinajstić information content (AvgIpc) is 2.77. The molecule has 29 heavy (non-hydrogen) atoms. The van der Waals surface area contributed by atoms with Crippen molar-refractivity contribution in [2.24, 2.45) is 0 Å². The highest BCUT2D eigenvalue weighted by Crippen LogP contribution is 2.26. The highest BCUT2D eigenvalue weighted by molar-refractivity contribution is 5.94. The Labute approximate surface area is 171 Å². The highest BCUT2D eigenvalue weighted by Gasteiger charge is 2.30. The number of hydrogen-bond acceptors (Lipinski definition) is 6. The van der Waals surface area contributed by atoms with Gasteiger partial charge < -0.3 is 20.1 Å². The molecule has 4 rings (SSSR count). The summed E-state index contributed by atoms with van der Waals surface area (Å²) in [5.41, 5.74) is 1.99. The van der Waals surface area contributed by atoms with Gasteiger partial charge in [0.15, 0.2) is 0 Å². The molecule has 154 valence electrons. The Balaban J connectivity index is 1.47. The number of morpholine rings is 1. The fourth-order valence-corrected chi connectivity index (χ4v) is 3.97. The van der Waals surface area contributed by atoms with Gasteiger partial charge in [-0.25, -0.2) is 4.98 Å². The van der Waals surface area contributed by atoms with Crippen LogP contribution in [0.5, 0.6) is 0 Å². The molecule has 7 nitrogen and oxygen atoms in total. The second kappa shape index (κ2) is 9.35. The van der Waals surface area contributed by atoms with E-state index < -0.39 is 6.04 Å². The zero-order valence-corrected chi connectivity index (χ0v) is 16.5. The van der Waals surface area contributed by atoms with E-state index in [0.29, 0.717) is 31.7 Å². The minimum absolute atomic E-state index is 0.0980. The molecule has 1 aromatic carbocycles. The van der Waals surface area contributed by atoms with Crippen LogP contribution in [0.1, 0.15) is 24.4 Å². The summed E-state index contributed by atoms with van der Waals surface area (Å²) >= 11 is 0. The second-order valence-corrected chi connectivity index (χ2v) is 7.57. The molecule has 2 saturated heterocycles. The lowest BCUT2D eigenvalue weighted by Gasteiger charge is -2.35. The largest absolute Gasteiger partial charge is 0.393 e. The third-order valence-corrected chi connectivity index (χ3v) is 5.60. The third-order valence-electron chi connectivity index (χ3n) is 5.60. The van der Waals surface area contributed by atoms with Crippen molar-refractivity contribution >= 4 is 17.4 Å². The molecule has 2 N–H and O–H groups in total. The van der Waals surface area contributed by atoms with Crippen LogP contribution in [0.4, 0.5) is 11.5 Å². The maximum absolute atomic E-state index is 13.2. The number of piperidine rings is 1. The Morgan fingerprint density at radius 2 is 1.79 bits per heavy atom. The molecule has 2 aliphatic rings. The number of anilines is 2. The van der Waals surface area contributed by atoms with Gasteiger partial charge in [-0.3, -0.25) is 9.69 Å². The van der Waals surface area contributed by atoms with Crippen molar-refractivity contribution < 1.29 is 14.6 Å². The van der Waals surface area contributed by atoms with E-state index in [1.54, 1.807) is 6.20 Å². The van der Waals surface area contributed by atoms with Gasteiger partial charge in [0.05, 0.1) is 31.2 Å². The SMILES string of the molecule is O=C(Nc1ccc(N2CCOCC2)cn1)C(c1ccccc1)N1CCC(O)CC1. The number of aliphatic hydroxyl groups excluding tert-OH is 1. The van der Waals surface area contributed by atoms with Gasteiger partial charge in [0.2, 0.25) is 5.91 Å². The van der Waals surface area contributed by atoms with E-state index in [4.69, 9.17) is 4.74 Å². The number of benzene rings is 1. The summed E-state index contributed by atoms with van der Waals surface area (Å²) in [4.78, 5) is 22.0. The Morgan fingerprint density at radius 1 is 1.07 bits per heavy atom. The summed E-state index contributed by atoms with van der Waals surface area (Å²) in [6.07, 6.45) is 2.89. The van der Waals surface area contributed by atoms with Gasteiger partial charge in [0.1, 0.15) is 11.9 Å². The number of carbonyl (C=O) groups excluding carboxylic acids is 1. The summed E-state index contributed by atoms with van der Waals surface area (Å²) < 4.78 is 5.39. The highest BCUT2D eigenvalue weighted by atomic mass is 16.5. The Bertz CT molecular complexity index is 785. The summed E-state index contributed by atoms with van der Waals surface area (Å²) in [7, 11) is 0. The molecular weight excluding hydrogens is 368 g/mol. The smallest absolute Gasteiger partial charge is 0.247 e. The van der Waals surface area contributed by atoms with Crippen LogP contribution in [0.3, 0.4) is 0 Å². The fourth-order valence-electron chi connectivity index (χ4n) is 3.97. The van der Waals surface area contributed by atoms with Crippen molar-refractivity contribution in [2.45, 2.75) is 25.0 Å². The second-order valence-electron chi connectivity index (χ2n) is 7.57. The van der Waals surface area contributed by atoms with E-state index in [0.717, 1.165) is 37.6 Å². The average molecular weight is 396 g/mol. The van der Waals surface area contributed by atoms with Crippen LogP contribution in [0, 0.1) is 0 Å². The summed E-state index contributed by atoms with van der Waals surface area (Å²) in [5.74, 6) is 0.448. The van der Waals surface area contributed by atoms with Crippen LogP contribution in [0.2, 0.25) is 0 Å². The van der Waals surface area contributed by atoms with E-state index >= 15 is 0 Å². The summed E-state index contributed by atoms with van der Waals surface area (Å²) in [6, 6.07) is 13.2. The van der Waals surface area contributed by atoms with Gasteiger partial charge in [-0.15, -0.1) is 0 Å². The predicted octanol–water partition coefficient (Wildman–Crippen LogP) is 2.05. The first-order valence-corrected chi connectivity index (χ1v) is 10.3. The van der Waals surface area contributed by atoms with Crippen molar-refractivity contribution in [3.8, 4) is 0 Å². The van der Waals surface area contributed by atoms with Gasteiger partial charge >= 0.3 is 0 Å². The van der Waals surface area contributed by atoms with Gasteiger partial charge in [-0.1, -0.05) is 30.3 Å². The number of nitrogens with one attached hydrogen (secondary N) is 1. The van der Waals surface area contributed by atoms with Crippen molar-refractivity contribution in [2.75, 3.05) is 49.6 Å². The third kappa shape index (κ3) is 4.93. The topological polar surface area (TPSA) is 77.9 Å².